The first-order valence-electron chi connectivity index (χ1n) is 9.89. The van der Waals surface area contributed by atoms with Crippen LogP contribution in [0.1, 0.15) is 19.8 Å². The van der Waals surface area contributed by atoms with Crippen LogP contribution in [0.2, 0.25) is 0 Å². The Bertz CT molecular complexity index is 604. The Kier molecular flexibility index (Phi) is 7.34. The van der Waals surface area contributed by atoms with Gasteiger partial charge < -0.3 is 20.4 Å². The number of rotatable bonds is 5. The smallest absolute Gasteiger partial charge is 0.219 e. The van der Waals surface area contributed by atoms with Crippen LogP contribution in [0.4, 0.5) is 5.00 Å². The maximum Gasteiger partial charge on any atom is 0.219 e. The number of hydrogen-bond acceptors (Lipinski definition) is 5. The van der Waals surface area contributed by atoms with E-state index in [1.165, 1.54) is 5.00 Å². The summed E-state index contributed by atoms with van der Waals surface area (Å²) in [6.45, 7) is 9.26. The maximum absolute atomic E-state index is 11.4. The Morgan fingerprint density at radius 1 is 1.22 bits per heavy atom. The minimum atomic E-state index is 0.183. The normalized spacial score (nSPS) is 20.0. The molecule has 3 rings (SSSR count). The predicted molar refractivity (Wildman–Crippen MR) is 113 cm³/mol. The summed E-state index contributed by atoms with van der Waals surface area (Å²) in [6.07, 6.45) is 2.26. The van der Waals surface area contributed by atoms with Gasteiger partial charge in [-0.05, 0) is 30.4 Å². The van der Waals surface area contributed by atoms with E-state index >= 15 is 0 Å². The summed E-state index contributed by atoms with van der Waals surface area (Å²) in [7, 11) is 1.84. The highest BCUT2D eigenvalue weighted by molar-refractivity contribution is 7.14. The fourth-order valence-corrected chi connectivity index (χ4v) is 4.49. The third-order valence-electron chi connectivity index (χ3n) is 5.42. The van der Waals surface area contributed by atoms with Crippen molar-refractivity contribution in [1.82, 2.24) is 20.4 Å². The third kappa shape index (κ3) is 5.84. The van der Waals surface area contributed by atoms with Crippen LogP contribution in [-0.4, -0.2) is 87.1 Å². The first kappa shape index (κ1) is 19.9. The molecule has 0 radical (unpaired) electrons. The highest BCUT2D eigenvalue weighted by Crippen LogP contribution is 2.24. The second-order valence-electron chi connectivity index (χ2n) is 7.20. The first-order chi connectivity index (χ1) is 13.2. The highest BCUT2D eigenvalue weighted by atomic mass is 32.1. The lowest BCUT2D eigenvalue weighted by atomic mass is 10.1. The van der Waals surface area contributed by atoms with E-state index in [0.29, 0.717) is 6.04 Å². The summed E-state index contributed by atoms with van der Waals surface area (Å²) < 4.78 is 0. The Morgan fingerprint density at radius 2 is 1.96 bits per heavy atom. The third-order valence-corrected chi connectivity index (χ3v) is 6.34. The summed E-state index contributed by atoms with van der Waals surface area (Å²) in [4.78, 5) is 22.6. The molecule has 0 unspecified atom stereocenters. The minimum Gasteiger partial charge on any atom is -0.363 e. The number of piperidine rings is 1. The second kappa shape index (κ2) is 9.94. The number of nitrogens with one attached hydrogen (secondary N) is 2. The standard InChI is InChI=1S/C19H32N6OS/c1-16(26)24-13-11-23(12-14-24)10-7-21-19(20-2)22-17-5-8-25(9-6-17)18-4-3-15-27-18/h3-4,15,17H,5-14H2,1-2H3,(H2,20,21,22). The molecular weight excluding hydrogens is 360 g/mol. The van der Waals surface area contributed by atoms with Crippen molar-refractivity contribution >= 4 is 28.2 Å². The van der Waals surface area contributed by atoms with Crippen LogP contribution in [0.3, 0.4) is 0 Å². The molecule has 150 valence electrons. The van der Waals surface area contributed by atoms with Crippen molar-refractivity contribution in [3.05, 3.63) is 17.5 Å². The Balaban J connectivity index is 1.32. The fourth-order valence-electron chi connectivity index (χ4n) is 3.70. The molecule has 0 saturated carbocycles. The number of guanidine groups is 1. The van der Waals surface area contributed by atoms with Gasteiger partial charge in [0.25, 0.3) is 0 Å². The average molecular weight is 393 g/mol. The number of anilines is 1. The minimum absolute atomic E-state index is 0.183. The van der Waals surface area contributed by atoms with Crippen LogP contribution in [-0.2, 0) is 4.79 Å². The molecule has 0 atom stereocenters. The van der Waals surface area contributed by atoms with Crippen LogP contribution in [0.5, 0.6) is 0 Å². The molecule has 2 N–H and O–H groups in total. The molecule has 0 aliphatic carbocycles. The van der Waals surface area contributed by atoms with Crippen molar-refractivity contribution in [3.63, 3.8) is 0 Å². The van der Waals surface area contributed by atoms with Gasteiger partial charge in [0, 0.05) is 72.4 Å². The lowest BCUT2D eigenvalue weighted by Crippen LogP contribution is -2.52. The van der Waals surface area contributed by atoms with Gasteiger partial charge in [-0.15, -0.1) is 11.3 Å². The van der Waals surface area contributed by atoms with Gasteiger partial charge in [0.15, 0.2) is 5.96 Å². The molecule has 0 aromatic carbocycles. The first-order valence-corrected chi connectivity index (χ1v) is 10.8. The molecule has 2 fully saturated rings. The molecule has 1 aromatic heterocycles. The van der Waals surface area contributed by atoms with Gasteiger partial charge >= 0.3 is 0 Å². The molecule has 27 heavy (non-hydrogen) atoms. The topological polar surface area (TPSA) is 63.2 Å². The number of hydrogen-bond donors (Lipinski definition) is 2. The Labute approximate surface area is 166 Å². The lowest BCUT2D eigenvalue weighted by molar-refractivity contribution is -0.130. The maximum atomic E-state index is 11.4. The molecule has 1 amide bonds. The predicted octanol–water partition coefficient (Wildman–Crippen LogP) is 1.05. The van der Waals surface area contributed by atoms with Crippen molar-refractivity contribution < 1.29 is 4.79 Å². The molecule has 2 saturated heterocycles. The molecule has 3 heterocycles. The molecular formula is C19H32N6OS. The van der Waals surface area contributed by atoms with Gasteiger partial charge in [0.1, 0.15) is 0 Å². The number of nitrogens with zero attached hydrogens (tertiary/aromatic N) is 4. The van der Waals surface area contributed by atoms with Crippen LogP contribution in [0.15, 0.2) is 22.5 Å². The summed E-state index contributed by atoms with van der Waals surface area (Å²) in [5, 5.41) is 10.5. The van der Waals surface area contributed by atoms with Gasteiger partial charge in [-0.1, -0.05) is 0 Å². The summed E-state index contributed by atoms with van der Waals surface area (Å²) in [6, 6.07) is 4.80. The molecule has 1 aromatic rings. The second-order valence-corrected chi connectivity index (χ2v) is 8.13. The quantitative estimate of drug-likeness (QED) is 0.579. The summed E-state index contributed by atoms with van der Waals surface area (Å²) in [5.74, 6) is 1.08. The average Bonchev–Trinajstić information content (AvgIpc) is 3.23. The Morgan fingerprint density at radius 3 is 2.56 bits per heavy atom. The monoisotopic (exact) mass is 392 g/mol. The largest absolute Gasteiger partial charge is 0.363 e. The molecule has 2 aliphatic heterocycles. The molecule has 2 aliphatic rings. The van der Waals surface area contributed by atoms with E-state index in [4.69, 9.17) is 0 Å². The van der Waals surface area contributed by atoms with Crippen LogP contribution >= 0.6 is 11.3 Å². The zero-order valence-corrected chi connectivity index (χ0v) is 17.3. The van der Waals surface area contributed by atoms with E-state index < -0.39 is 0 Å². The van der Waals surface area contributed by atoms with E-state index in [1.807, 2.05) is 23.3 Å². The van der Waals surface area contributed by atoms with Crippen LogP contribution in [0, 0.1) is 0 Å². The number of aliphatic imine (C=N–C) groups is 1. The summed E-state index contributed by atoms with van der Waals surface area (Å²) >= 11 is 1.82. The molecule has 8 heteroatoms. The van der Waals surface area contributed by atoms with E-state index in [0.717, 1.165) is 71.2 Å². The Hall–Kier alpha value is -1.80. The number of amides is 1. The van der Waals surface area contributed by atoms with Crippen molar-refractivity contribution in [3.8, 4) is 0 Å². The van der Waals surface area contributed by atoms with Gasteiger partial charge in [-0.2, -0.15) is 0 Å². The van der Waals surface area contributed by atoms with Crippen molar-refractivity contribution in [2.45, 2.75) is 25.8 Å². The number of thiophene rings is 1. The van der Waals surface area contributed by atoms with Gasteiger partial charge in [0.2, 0.25) is 5.91 Å². The van der Waals surface area contributed by atoms with E-state index in [-0.39, 0.29) is 5.91 Å². The number of piperazine rings is 1. The zero-order valence-electron chi connectivity index (χ0n) is 16.5. The number of carbonyl (C=O) groups excluding carboxylic acids is 1. The van der Waals surface area contributed by atoms with Gasteiger partial charge in [0.05, 0.1) is 5.00 Å². The van der Waals surface area contributed by atoms with E-state index in [9.17, 15) is 4.79 Å². The van der Waals surface area contributed by atoms with E-state index in [2.05, 4.69) is 42.9 Å². The van der Waals surface area contributed by atoms with E-state index in [1.54, 1.807) is 6.92 Å². The van der Waals surface area contributed by atoms with Crippen molar-refractivity contribution in [2.24, 2.45) is 4.99 Å². The molecule has 0 bridgehead atoms. The number of carbonyl (C=O) groups is 1. The molecule has 0 spiro atoms. The van der Waals surface area contributed by atoms with Crippen LogP contribution < -0.4 is 15.5 Å². The van der Waals surface area contributed by atoms with Gasteiger partial charge in [-0.3, -0.25) is 14.7 Å². The fraction of sp³-hybridized carbons (Fsp3) is 0.684. The van der Waals surface area contributed by atoms with Crippen molar-refractivity contribution in [1.29, 1.82) is 0 Å². The molecule has 7 nitrogen and oxygen atoms in total. The zero-order chi connectivity index (χ0) is 19.1. The summed E-state index contributed by atoms with van der Waals surface area (Å²) in [5.41, 5.74) is 0. The van der Waals surface area contributed by atoms with Gasteiger partial charge in [-0.25, -0.2) is 0 Å². The van der Waals surface area contributed by atoms with Crippen molar-refractivity contribution in [2.75, 3.05) is 64.3 Å². The highest BCUT2D eigenvalue weighted by Gasteiger charge is 2.21. The SMILES string of the molecule is CN=C(NCCN1CCN(C(C)=O)CC1)NC1CCN(c2cccs2)CC1. The van der Waals surface area contributed by atoms with Crippen LogP contribution in [0.25, 0.3) is 0 Å². The lowest BCUT2D eigenvalue weighted by Gasteiger charge is -2.35.